The molecule has 0 N–H and O–H groups in total. The van der Waals surface area contributed by atoms with Crippen molar-refractivity contribution in [3.8, 4) is 11.4 Å². The van der Waals surface area contributed by atoms with Gasteiger partial charge in [-0.15, -0.1) is 5.10 Å². The first-order chi connectivity index (χ1) is 13.7. The first-order valence-electron chi connectivity index (χ1n) is 9.40. The number of halogens is 1. The molecule has 10 heteroatoms. The van der Waals surface area contributed by atoms with Crippen molar-refractivity contribution < 1.29 is 14.3 Å². The van der Waals surface area contributed by atoms with Crippen molar-refractivity contribution in [2.45, 2.75) is 18.9 Å². The van der Waals surface area contributed by atoms with Gasteiger partial charge in [-0.05, 0) is 29.3 Å². The monoisotopic (exact) mass is 406 g/mol. The van der Waals surface area contributed by atoms with Gasteiger partial charge in [0, 0.05) is 45.4 Å². The molecular weight excluding hydrogens is 384 g/mol. The van der Waals surface area contributed by atoms with E-state index in [-0.39, 0.29) is 5.91 Å². The molecular formula is C18H23ClN6O3. The van der Waals surface area contributed by atoms with E-state index in [2.05, 4.69) is 20.4 Å². The van der Waals surface area contributed by atoms with Crippen molar-refractivity contribution in [3.05, 3.63) is 29.0 Å². The Morgan fingerprint density at radius 3 is 2.79 bits per heavy atom. The number of rotatable bonds is 5. The summed E-state index contributed by atoms with van der Waals surface area (Å²) in [5.74, 6) is 0.362. The molecule has 2 aromatic rings. The summed E-state index contributed by atoms with van der Waals surface area (Å²) in [4.78, 5) is 17.3. The maximum atomic E-state index is 13.1. The van der Waals surface area contributed by atoms with Crippen LogP contribution in [0.1, 0.15) is 23.2 Å². The van der Waals surface area contributed by atoms with Gasteiger partial charge in [-0.1, -0.05) is 11.6 Å². The quantitative estimate of drug-likeness (QED) is 0.738. The van der Waals surface area contributed by atoms with Crippen LogP contribution < -0.4 is 4.74 Å². The maximum Gasteiger partial charge on any atom is 0.257 e. The van der Waals surface area contributed by atoms with Gasteiger partial charge >= 0.3 is 0 Å². The Bertz CT molecular complexity index is 817. The highest BCUT2D eigenvalue weighted by atomic mass is 35.5. The standard InChI is InChI=1S/C18H23ClN6O3/c1-27-17-10-16(25-12-20-21-22-25)15(19)9-14(17)18(26)24-6-4-23(5-7-24)11-13-3-2-8-28-13/h9-10,12-13H,2-8,11H2,1H3. The number of piperazine rings is 1. The minimum absolute atomic E-state index is 0.0845. The van der Waals surface area contributed by atoms with Crippen LogP contribution in [0.2, 0.25) is 5.02 Å². The van der Waals surface area contributed by atoms with Gasteiger partial charge in [0.05, 0.1) is 29.5 Å². The van der Waals surface area contributed by atoms with Gasteiger partial charge in [0.15, 0.2) is 0 Å². The van der Waals surface area contributed by atoms with E-state index in [1.54, 1.807) is 12.1 Å². The van der Waals surface area contributed by atoms with E-state index in [1.165, 1.54) is 18.1 Å². The zero-order valence-corrected chi connectivity index (χ0v) is 16.5. The van der Waals surface area contributed by atoms with E-state index in [9.17, 15) is 4.79 Å². The van der Waals surface area contributed by atoms with E-state index in [0.29, 0.717) is 41.2 Å². The number of hydrogen-bond donors (Lipinski definition) is 0. The molecule has 0 aliphatic carbocycles. The number of benzene rings is 1. The lowest BCUT2D eigenvalue weighted by Gasteiger charge is -2.36. The molecule has 9 nitrogen and oxygen atoms in total. The van der Waals surface area contributed by atoms with E-state index < -0.39 is 0 Å². The maximum absolute atomic E-state index is 13.1. The summed E-state index contributed by atoms with van der Waals surface area (Å²) in [7, 11) is 1.53. The van der Waals surface area contributed by atoms with Gasteiger partial charge in [0.1, 0.15) is 12.1 Å². The van der Waals surface area contributed by atoms with Gasteiger partial charge in [-0.25, -0.2) is 0 Å². The number of carbonyl (C=O) groups excluding carboxylic acids is 1. The Hall–Kier alpha value is -2.23. The van der Waals surface area contributed by atoms with Crippen LogP contribution >= 0.6 is 11.6 Å². The normalized spacial score (nSPS) is 20.5. The van der Waals surface area contributed by atoms with E-state index in [0.717, 1.165) is 39.1 Å². The predicted octanol–water partition coefficient (Wildman–Crippen LogP) is 1.26. The first kappa shape index (κ1) is 19.1. The Morgan fingerprint density at radius 2 is 2.14 bits per heavy atom. The number of ether oxygens (including phenoxy) is 2. The SMILES string of the molecule is COc1cc(-n2cnnn2)c(Cl)cc1C(=O)N1CCN(CC2CCCO2)CC1. The van der Waals surface area contributed by atoms with E-state index >= 15 is 0 Å². The summed E-state index contributed by atoms with van der Waals surface area (Å²) in [5, 5.41) is 11.5. The molecule has 2 aliphatic rings. The molecule has 2 saturated heterocycles. The summed E-state index contributed by atoms with van der Waals surface area (Å²) >= 11 is 6.39. The van der Waals surface area contributed by atoms with Crippen molar-refractivity contribution in [1.29, 1.82) is 0 Å². The molecule has 150 valence electrons. The summed E-state index contributed by atoms with van der Waals surface area (Å²) in [6.07, 6.45) is 4.04. The van der Waals surface area contributed by atoms with Crippen LogP contribution in [0.4, 0.5) is 0 Å². The molecule has 1 amide bonds. The highest BCUT2D eigenvalue weighted by molar-refractivity contribution is 6.33. The summed E-state index contributed by atoms with van der Waals surface area (Å²) in [6.45, 7) is 4.82. The Kier molecular flexibility index (Phi) is 5.74. The zero-order chi connectivity index (χ0) is 19.5. The van der Waals surface area contributed by atoms with Gasteiger partial charge in [0.2, 0.25) is 0 Å². The van der Waals surface area contributed by atoms with Crippen molar-refractivity contribution in [2.75, 3.05) is 46.4 Å². The number of amides is 1. The van der Waals surface area contributed by atoms with E-state index in [1.807, 2.05) is 4.90 Å². The average molecular weight is 407 g/mol. The van der Waals surface area contributed by atoms with Crippen molar-refractivity contribution in [1.82, 2.24) is 30.0 Å². The molecule has 0 spiro atoms. The molecule has 0 saturated carbocycles. The largest absolute Gasteiger partial charge is 0.496 e. The van der Waals surface area contributed by atoms with Crippen molar-refractivity contribution in [3.63, 3.8) is 0 Å². The summed E-state index contributed by atoms with van der Waals surface area (Å²) in [6, 6.07) is 3.30. The molecule has 1 aromatic carbocycles. The van der Waals surface area contributed by atoms with Crippen LogP contribution in [-0.4, -0.2) is 88.5 Å². The topological polar surface area (TPSA) is 85.6 Å². The fourth-order valence-electron chi connectivity index (χ4n) is 3.71. The highest BCUT2D eigenvalue weighted by Crippen LogP contribution is 2.30. The smallest absolute Gasteiger partial charge is 0.257 e. The fourth-order valence-corrected chi connectivity index (χ4v) is 3.96. The third-order valence-corrected chi connectivity index (χ3v) is 5.54. The second-order valence-corrected chi connectivity index (χ2v) is 7.39. The number of methoxy groups -OCH3 is 1. The molecule has 0 bridgehead atoms. The van der Waals surface area contributed by atoms with E-state index in [4.69, 9.17) is 21.1 Å². The van der Waals surface area contributed by atoms with Crippen LogP contribution in [-0.2, 0) is 4.74 Å². The molecule has 0 radical (unpaired) electrons. The van der Waals surface area contributed by atoms with Gasteiger partial charge in [-0.3, -0.25) is 9.69 Å². The Labute approximate surface area is 168 Å². The van der Waals surface area contributed by atoms with Crippen LogP contribution in [0.3, 0.4) is 0 Å². The molecule has 1 aromatic heterocycles. The number of aromatic nitrogens is 4. The van der Waals surface area contributed by atoms with Crippen LogP contribution in [0.15, 0.2) is 18.5 Å². The second kappa shape index (κ2) is 8.42. The molecule has 1 atom stereocenters. The van der Waals surface area contributed by atoms with Crippen molar-refractivity contribution >= 4 is 17.5 Å². The Balaban J connectivity index is 1.45. The summed E-state index contributed by atoms with van der Waals surface area (Å²) < 4.78 is 12.6. The lowest BCUT2D eigenvalue weighted by atomic mass is 10.1. The molecule has 2 fully saturated rings. The first-order valence-corrected chi connectivity index (χ1v) is 9.77. The van der Waals surface area contributed by atoms with Gasteiger partial charge in [-0.2, -0.15) is 4.68 Å². The van der Waals surface area contributed by atoms with Crippen LogP contribution in [0.5, 0.6) is 5.75 Å². The zero-order valence-electron chi connectivity index (χ0n) is 15.8. The van der Waals surface area contributed by atoms with Gasteiger partial charge in [0.25, 0.3) is 5.91 Å². The Morgan fingerprint density at radius 1 is 1.32 bits per heavy atom. The number of tetrazole rings is 1. The second-order valence-electron chi connectivity index (χ2n) is 6.99. The number of hydrogen-bond acceptors (Lipinski definition) is 7. The number of nitrogens with zero attached hydrogens (tertiary/aromatic N) is 6. The lowest BCUT2D eigenvalue weighted by molar-refractivity contribution is 0.0431. The molecule has 28 heavy (non-hydrogen) atoms. The third kappa shape index (κ3) is 3.96. The minimum atomic E-state index is -0.0845. The van der Waals surface area contributed by atoms with Crippen molar-refractivity contribution in [2.24, 2.45) is 0 Å². The molecule has 3 heterocycles. The van der Waals surface area contributed by atoms with Crippen LogP contribution in [0, 0.1) is 0 Å². The van der Waals surface area contributed by atoms with Crippen LogP contribution in [0.25, 0.3) is 5.69 Å². The average Bonchev–Trinajstić information content (AvgIpc) is 3.42. The highest BCUT2D eigenvalue weighted by Gasteiger charge is 2.27. The molecule has 1 unspecified atom stereocenters. The molecule has 2 aliphatic heterocycles. The van der Waals surface area contributed by atoms with Gasteiger partial charge < -0.3 is 14.4 Å². The lowest BCUT2D eigenvalue weighted by Crippen LogP contribution is -2.50. The number of carbonyl (C=O) groups is 1. The molecule has 4 rings (SSSR count). The minimum Gasteiger partial charge on any atom is -0.496 e. The summed E-state index contributed by atoms with van der Waals surface area (Å²) in [5.41, 5.74) is 0.998. The third-order valence-electron chi connectivity index (χ3n) is 5.24. The fraction of sp³-hybridized carbons (Fsp3) is 0.556. The predicted molar refractivity (Wildman–Crippen MR) is 102 cm³/mol.